The van der Waals surface area contributed by atoms with E-state index in [1.165, 1.54) is 12.8 Å². The molecule has 2 fully saturated rings. The number of carbonyl (C=O) groups excluding carboxylic acids is 1. The van der Waals surface area contributed by atoms with Crippen LogP contribution < -0.4 is 5.32 Å². The number of hydrogen-bond acceptors (Lipinski definition) is 3. The first-order valence-electron chi connectivity index (χ1n) is 8.40. The van der Waals surface area contributed by atoms with Crippen molar-refractivity contribution in [2.45, 2.75) is 51.0 Å². The predicted molar refractivity (Wildman–Crippen MR) is 82.7 cm³/mol. The highest BCUT2D eigenvalue weighted by Crippen LogP contribution is 2.29. The van der Waals surface area contributed by atoms with Crippen molar-refractivity contribution in [1.82, 2.24) is 10.2 Å². The van der Waals surface area contributed by atoms with Crippen LogP contribution in [0, 0.1) is 11.8 Å². The van der Waals surface area contributed by atoms with Gasteiger partial charge in [0.25, 0.3) is 0 Å². The van der Waals surface area contributed by atoms with Gasteiger partial charge in [-0.3, -0.25) is 4.79 Å². The first kappa shape index (κ1) is 17.1. The van der Waals surface area contributed by atoms with Crippen molar-refractivity contribution in [2.75, 3.05) is 26.7 Å². The van der Waals surface area contributed by atoms with E-state index in [1.807, 2.05) is 0 Å². The summed E-state index contributed by atoms with van der Waals surface area (Å²) < 4.78 is 5.25. The summed E-state index contributed by atoms with van der Waals surface area (Å²) in [5, 5.41) is 12.3. The fourth-order valence-electron chi connectivity index (χ4n) is 3.58. The lowest BCUT2D eigenvalue weighted by atomic mass is 9.86. The number of carboxylic acid groups (broad SMARTS) is 1. The van der Waals surface area contributed by atoms with Crippen LogP contribution in [0.3, 0.4) is 0 Å². The van der Waals surface area contributed by atoms with Gasteiger partial charge in [0.05, 0.1) is 12.0 Å². The first-order chi connectivity index (χ1) is 10.6. The van der Waals surface area contributed by atoms with Crippen LogP contribution in [0.4, 0.5) is 4.79 Å². The van der Waals surface area contributed by atoms with Crippen molar-refractivity contribution >= 4 is 12.0 Å². The van der Waals surface area contributed by atoms with E-state index >= 15 is 0 Å². The van der Waals surface area contributed by atoms with Gasteiger partial charge in [0.2, 0.25) is 0 Å². The summed E-state index contributed by atoms with van der Waals surface area (Å²) >= 11 is 0. The van der Waals surface area contributed by atoms with Gasteiger partial charge in [0, 0.05) is 26.7 Å². The zero-order valence-corrected chi connectivity index (χ0v) is 13.4. The molecular formula is C16H28N2O4. The molecule has 1 saturated carbocycles. The van der Waals surface area contributed by atoms with E-state index in [9.17, 15) is 14.7 Å². The van der Waals surface area contributed by atoms with Crippen LogP contribution in [0.1, 0.15) is 44.9 Å². The Bertz CT molecular complexity index is 380. The number of carbonyl (C=O) groups is 2. The number of amides is 2. The molecule has 2 amide bonds. The van der Waals surface area contributed by atoms with Crippen molar-refractivity contribution in [3.63, 3.8) is 0 Å². The standard InChI is InChI=1S/C16H28N2O4/c1-22-13-8-9-18(11-13)16(21)17-10-14(15(19)20)12-6-4-2-3-5-7-12/h12-14H,2-11H2,1H3,(H,17,21)(H,19,20)/t13-,14?/m0/s1. The van der Waals surface area contributed by atoms with Crippen LogP contribution in [0.15, 0.2) is 0 Å². The lowest BCUT2D eigenvalue weighted by molar-refractivity contribution is -0.143. The Labute approximate surface area is 132 Å². The second kappa shape index (κ2) is 8.36. The van der Waals surface area contributed by atoms with E-state index in [0.29, 0.717) is 13.1 Å². The fourth-order valence-corrected chi connectivity index (χ4v) is 3.58. The second-order valence-electron chi connectivity index (χ2n) is 6.47. The summed E-state index contributed by atoms with van der Waals surface area (Å²) in [5.74, 6) is -1.07. The third-order valence-electron chi connectivity index (χ3n) is 5.02. The maximum absolute atomic E-state index is 12.2. The number of likely N-dealkylation sites (tertiary alicyclic amines) is 1. The van der Waals surface area contributed by atoms with Crippen LogP contribution in [-0.4, -0.2) is 54.9 Å². The van der Waals surface area contributed by atoms with Gasteiger partial charge in [0.1, 0.15) is 0 Å². The average molecular weight is 312 g/mol. The molecule has 6 heteroatoms. The number of urea groups is 1. The molecule has 6 nitrogen and oxygen atoms in total. The molecule has 2 aliphatic rings. The maximum atomic E-state index is 12.2. The Morgan fingerprint density at radius 2 is 1.91 bits per heavy atom. The molecule has 126 valence electrons. The number of methoxy groups -OCH3 is 1. The van der Waals surface area contributed by atoms with Gasteiger partial charge < -0.3 is 20.1 Å². The Hall–Kier alpha value is -1.30. The van der Waals surface area contributed by atoms with Gasteiger partial charge in [-0.15, -0.1) is 0 Å². The summed E-state index contributed by atoms with van der Waals surface area (Å²) in [6, 6.07) is -0.167. The number of aliphatic carboxylic acids is 1. The highest BCUT2D eigenvalue weighted by Gasteiger charge is 2.31. The van der Waals surface area contributed by atoms with Crippen LogP contribution >= 0.6 is 0 Å². The third-order valence-corrected chi connectivity index (χ3v) is 5.02. The molecule has 1 heterocycles. The van der Waals surface area contributed by atoms with Gasteiger partial charge in [-0.1, -0.05) is 25.7 Å². The largest absolute Gasteiger partial charge is 0.481 e. The Morgan fingerprint density at radius 3 is 2.45 bits per heavy atom. The smallest absolute Gasteiger partial charge is 0.317 e. The summed E-state index contributed by atoms with van der Waals surface area (Å²) in [7, 11) is 1.65. The van der Waals surface area contributed by atoms with Crippen molar-refractivity contribution in [3.05, 3.63) is 0 Å². The van der Waals surface area contributed by atoms with Gasteiger partial charge >= 0.3 is 12.0 Å². The molecule has 0 bridgehead atoms. The predicted octanol–water partition coefficient (Wildman–Crippen LogP) is 2.09. The summed E-state index contributed by atoms with van der Waals surface area (Å²) in [6.45, 7) is 1.49. The topological polar surface area (TPSA) is 78.9 Å². The quantitative estimate of drug-likeness (QED) is 0.762. The van der Waals surface area contributed by atoms with Crippen LogP contribution in [0.5, 0.6) is 0 Å². The number of nitrogens with zero attached hydrogens (tertiary/aromatic N) is 1. The average Bonchev–Trinajstić information content (AvgIpc) is 2.83. The van der Waals surface area contributed by atoms with E-state index in [1.54, 1.807) is 12.0 Å². The van der Waals surface area contributed by atoms with Gasteiger partial charge in [-0.2, -0.15) is 0 Å². The SMILES string of the molecule is CO[C@H]1CCN(C(=O)NCC(C(=O)O)C2CCCCCC2)C1. The van der Waals surface area contributed by atoms with Gasteiger partial charge in [-0.05, 0) is 25.2 Å². The Kier molecular flexibility index (Phi) is 6.49. The minimum Gasteiger partial charge on any atom is -0.481 e. The van der Waals surface area contributed by atoms with E-state index in [2.05, 4.69) is 5.32 Å². The molecule has 1 saturated heterocycles. The van der Waals surface area contributed by atoms with Crippen LogP contribution in [-0.2, 0) is 9.53 Å². The molecular weight excluding hydrogens is 284 g/mol. The van der Waals surface area contributed by atoms with Crippen LogP contribution in [0.25, 0.3) is 0 Å². The number of hydrogen-bond donors (Lipinski definition) is 2. The molecule has 0 spiro atoms. The third kappa shape index (κ3) is 4.60. The molecule has 2 atom stereocenters. The van der Waals surface area contributed by atoms with Crippen LogP contribution in [0.2, 0.25) is 0 Å². The second-order valence-corrected chi connectivity index (χ2v) is 6.47. The van der Waals surface area contributed by atoms with E-state index in [0.717, 1.165) is 32.1 Å². The minimum absolute atomic E-state index is 0.0999. The Balaban J connectivity index is 1.83. The molecule has 0 radical (unpaired) electrons. The number of nitrogens with one attached hydrogen (secondary N) is 1. The van der Waals surface area contributed by atoms with E-state index in [4.69, 9.17) is 4.74 Å². The fraction of sp³-hybridized carbons (Fsp3) is 0.875. The number of carboxylic acids is 1. The van der Waals surface area contributed by atoms with Gasteiger partial charge in [-0.25, -0.2) is 4.79 Å². The molecule has 2 rings (SSSR count). The molecule has 1 aliphatic carbocycles. The minimum atomic E-state index is -0.789. The first-order valence-corrected chi connectivity index (χ1v) is 8.40. The van der Waals surface area contributed by atoms with Gasteiger partial charge in [0.15, 0.2) is 0 Å². The summed E-state index contributed by atoms with van der Waals surface area (Å²) in [6.07, 6.45) is 7.46. The zero-order chi connectivity index (χ0) is 15.9. The molecule has 0 aromatic rings. The molecule has 1 unspecified atom stereocenters. The number of rotatable bonds is 5. The summed E-state index contributed by atoms with van der Waals surface area (Å²) in [5.41, 5.74) is 0. The van der Waals surface area contributed by atoms with Crippen molar-refractivity contribution in [1.29, 1.82) is 0 Å². The Morgan fingerprint density at radius 1 is 1.23 bits per heavy atom. The normalized spacial score (nSPS) is 24.8. The highest BCUT2D eigenvalue weighted by atomic mass is 16.5. The van der Waals surface area contributed by atoms with Crippen molar-refractivity contribution in [2.24, 2.45) is 11.8 Å². The highest BCUT2D eigenvalue weighted by molar-refractivity contribution is 5.76. The molecule has 22 heavy (non-hydrogen) atoms. The zero-order valence-electron chi connectivity index (χ0n) is 13.4. The molecule has 0 aromatic carbocycles. The molecule has 2 N–H and O–H groups in total. The molecule has 1 aliphatic heterocycles. The lowest BCUT2D eigenvalue weighted by Crippen LogP contribution is -2.43. The lowest BCUT2D eigenvalue weighted by Gasteiger charge is -2.24. The van der Waals surface area contributed by atoms with Crippen molar-refractivity contribution < 1.29 is 19.4 Å². The molecule has 0 aromatic heterocycles. The van der Waals surface area contributed by atoms with E-state index in [-0.39, 0.29) is 24.6 Å². The summed E-state index contributed by atoms with van der Waals surface area (Å²) in [4.78, 5) is 25.4. The van der Waals surface area contributed by atoms with E-state index < -0.39 is 11.9 Å². The van der Waals surface area contributed by atoms with Crippen molar-refractivity contribution in [3.8, 4) is 0 Å². The maximum Gasteiger partial charge on any atom is 0.317 e. The monoisotopic (exact) mass is 312 g/mol. The number of ether oxygens (including phenoxy) is 1.